The maximum Gasteiger partial charge on any atom is 0.191 e. The van der Waals surface area contributed by atoms with Crippen LogP contribution < -0.4 is 10.6 Å². The Balaban J connectivity index is 0.00000364. The number of rotatable bonds is 7. The molecule has 8 heteroatoms. The number of hydrogen-bond donors (Lipinski definition) is 2. The summed E-state index contributed by atoms with van der Waals surface area (Å²) >= 11 is 2.05. The van der Waals surface area contributed by atoms with Crippen LogP contribution in [0, 0.1) is 5.41 Å². The van der Waals surface area contributed by atoms with Gasteiger partial charge in [0.1, 0.15) is 0 Å². The molecule has 0 spiro atoms. The maximum atomic E-state index is 5.67. The van der Waals surface area contributed by atoms with Crippen LogP contribution >= 0.6 is 35.7 Å². The van der Waals surface area contributed by atoms with Gasteiger partial charge in [-0.25, -0.2) is 0 Å². The van der Waals surface area contributed by atoms with E-state index in [9.17, 15) is 0 Å². The van der Waals surface area contributed by atoms with Gasteiger partial charge in [-0.05, 0) is 24.5 Å². The summed E-state index contributed by atoms with van der Waals surface area (Å²) in [4.78, 5) is 7.58. The molecule has 2 atom stereocenters. The average Bonchev–Trinajstić information content (AvgIpc) is 3.10. The smallest absolute Gasteiger partial charge is 0.191 e. The quantitative estimate of drug-likeness (QED) is 0.309. The number of hydrogen-bond acceptors (Lipinski definition) is 5. The minimum Gasteiger partial charge on any atom is -0.379 e. The fourth-order valence-corrected chi connectivity index (χ4v) is 5.08. The molecule has 2 heterocycles. The average molecular weight is 515 g/mol. The lowest BCUT2D eigenvalue weighted by molar-refractivity contribution is -0.0104. The highest BCUT2D eigenvalue weighted by atomic mass is 127. The minimum atomic E-state index is 0. The largest absolute Gasteiger partial charge is 0.379 e. The Morgan fingerprint density at radius 2 is 2.00 bits per heavy atom. The van der Waals surface area contributed by atoms with E-state index in [-0.39, 0.29) is 41.0 Å². The second kappa shape index (κ2) is 12.0. The van der Waals surface area contributed by atoms with Crippen LogP contribution in [0.15, 0.2) is 4.99 Å². The van der Waals surface area contributed by atoms with Crippen molar-refractivity contribution in [1.82, 2.24) is 15.5 Å². The van der Waals surface area contributed by atoms with E-state index in [0.29, 0.717) is 0 Å². The molecule has 0 bridgehead atoms. The molecule has 0 aromatic heterocycles. The Morgan fingerprint density at radius 1 is 1.30 bits per heavy atom. The maximum absolute atomic E-state index is 5.67. The van der Waals surface area contributed by atoms with Gasteiger partial charge in [0.25, 0.3) is 0 Å². The predicted molar refractivity (Wildman–Crippen MR) is 127 cm³/mol. The van der Waals surface area contributed by atoms with Crippen molar-refractivity contribution in [2.45, 2.75) is 45.8 Å². The molecular formula is C19H39IN4O2S. The van der Waals surface area contributed by atoms with Crippen molar-refractivity contribution in [3.05, 3.63) is 0 Å². The van der Waals surface area contributed by atoms with Crippen LogP contribution in [-0.4, -0.2) is 87.1 Å². The minimum absolute atomic E-state index is 0. The van der Waals surface area contributed by atoms with Crippen molar-refractivity contribution in [2.24, 2.45) is 10.4 Å². The van der Waals surface area contributed by atoms with Gasteiger partial charge in [-0.1, -0.05) is 20.8 Å². The third-order valence-electron chi connectivity index (χ3n) is 5.35. The highest BCUT2D eigenvalue weighted by Gasteiger charge is 2.40. The van der Waals surface area contributed by atoms with Crippen molar-refractivity contribution < 1.29 is 9.47 Å². The number of thioether (sulfide) groups is 1. The second-order valence-corrected chi connectivity index (χ2v) is 9.40. The van der Waals surface area contributed by atoms with E-state index < -0.39 is 0 Å². The molecule has 0 radical (unpaired) electrons. The Labute approximate surface area is 187 Å². The summed E-state index contributed by atoms with van der Waals surface area (Å²) in [5.41, 5.74) is 0.275. The molecule has 6 nitrogen and oxygen atoms in total. The van der Waals surface area contributed by atoms with Crippen LogP contribution in [0.3, 0.4) is 0 Å². The number of aliphatic imine (C=N–C) groups is 1. The summed E-state index contributed by atoms with van der Waals surface area (Å²) in [6, 6.07) is 0. The molecule has 27 heavy (non-hydrogen) atoms. The van der Waals surface area contributed by atoms with Crippen LogP contribution in [0.4, 0.5) is 0 Å². The summed E-state index contributed by atoms with van der Waals surface area (Å²) in [6.45, 7) is 14.9. The summed E-state index contributed by atoms with van der Waals surface area (Å²) in [5, 5.41) is 6.88. The lowest BCUT2D eigenvalue weighted by Crippen LogP contribution is -2.56. The number of ether oxygens (including phenoxy) is 2. The molecule has 0 saturated carbocycles. The van der Waals surface area contributed by atoms with E-state index in [0.717, 1.165) is 51.9 Å². The molecule has 2 fully saturated rings. The number of methoxy groups -OCH3 is 1. The molecule has 0 amide bonds. The number of guanidine groups is 1. The van der Waals surface area contributed by atoms with E-state index >= 15 is 0 Å². The molecule has 2 saturated heterocycles. The molecule has 0 aromatic rings. The first-order valence-corrected chi connectivity index (χ1v) is 11.0. The molecule has 2 N–H and O–H groups in total. The van der Waals surface area contributed by atoms with E-state index in [1.807, 2.05) is 0 Å². The monoisotopic (exact) mass is 514 g/mol. The van der Waals surface area contributed by atoms with Gasteiger partial charge in [0, 0.05) is 39.0 Å². The Bertz CT molecular complexity index is 447. The molecule has 2 unspecified atom stereocenters. The first-order chi connectivity index (χ1) is 12.4. The van der Waals surface area contributed by atoms with E-state index in [4.69, 9.17) is 14.5 Å². The van der Waals surface area contributed by atoms with Gasteiger partial charge in [-0.15, -0.1) is 24.0 Å². The molecule has 0 aromatic carbocycles. The van der Waals surface area contributed by atoms with Gasteiger partial charge in [-0.3, -0.25) is 9.89 Å². The predicted octanol–water partition coefficient (Wildman–Crippen LogP) is 2.43. The number of halogens is 1. The summed E-state index contributed by atoms with van der Waals surface area (Å²) in [6.07, 6.45) is 1.35. The molecule has 160 valence electrons. The molecule has 2 rings (SSSR count). The lowest BCUT2D eigenvalue weighted by atomic mass is 9.89. The summed E-state index contributed by atoms with van der Waals surface area (Å²) < 4.78 is 11.2. The molecule has 0 aliphatic carbocycles. The standard InChI is InChI=1S/C19H38N4O2S.HI/c1-6-20-17(21-13-16(24-5)18(2,3)4)22-14-19(7-12-26-15-19)23-8-10-25-11-9-23;/h16H,6-15H2,1-5H3,(H2,20,21,22);1H. The third-order valence-corrected chi connectivity index (χ3v) is 6.58. The van der Waals surface area contributed by atoms with Crippen LogP contribution in [0.1, 0.15) is 34.1 Å². The van der Waals surface area contributed by atoms with Gasteiger partial charge in [0.2, 0.25) is 0 Å². The number of nitrogens with one attached hydrogen (secondary N) is 2. The first-order valence-electron chi connectivity index (χ1n) is 9.87. The van der Waals surface area contributed by atoms with Crippen LogP contribution in [0.25, 0.3) is 0 Å². The third kappa shape index (κ3) is 7.53. The second-order valence-electron chi connectivity index (χ2n) is 8.29. The topological polar surface area (TPSA) is 58.1 Å². The van der Waals surface area contributed by atoms with Crippen molar-refractivity contribution in [2.75, 3.05) is 64.6 Å². The van der Waals surface area contributed by atoms with Crippen LogP contribution in [0.5, 0.6) is 0 Å². The highest BCUT2D eigenvalue weighted by Crippen LogP contribution is 2.34. The molecular weight excluding hydrogens is 475 g/mol. The SMILES string of the molecule is CCNC(=NCC1(N2CCOCC2)CCSC1)NCC(OC)C(C)(C)C.I. The zero-order chi connectivity index (χ0) is 19.0. The molecule has 2 aliphatic rings. The lowest BCUT2D eigenvalue weighted by Gasteiger charge is -2.42. The van der Waals surface area contributed by atoms with E-state index in [1.165, 1.54) is 17.9 Å². The van der Waals surface area contributed by atoms with Gasteiger partial charge >= 0.3 is 0 Å². The zero-order valence-electron chi connectivity index (χ0n) is 17.7. The highest BCUT2D eigenvalue weighted by molar-refractivity contribution is 14.0. The summed E-state index contributed by atoms with van der Waals surface area (Å²) in [5.74, 6) is 3.29. The van der Waals surface area contributed by atoms with Gasteiger partial charge in [0.05, 0.1) is 31.4 Å². The summed E-state index contributed by atoms with van der Waals surface area (Å²) in [7, 11) is 1.78. The van der Waals surface area contributed by atoms with Crippen molar-refractivity contribution in [3.8, 4) is 0 Å². The van der Waals surface area contributed by atoms with E-state index in [2.05, 4.69) is 55.0 Å². The fourth-order valence-electron chi connectivity index (χ4n) is 3.61. The fraction of sp³-hybridized carbons (Fsp3) is 0.947. The van der Waals surface area contributed by atoms with Gasteiger partial charge in [-0.2, -0.15) is 11.8 Å². The normalized spacial score (nSPS) is 25.7. The molecule has 2 aliphatic heterocycles. The van der Waals surface area contributed by atoms with E-state index in [1.54, 1.807) is 7.11 Å². The van der Waals surface area contributed by atoms with Crippen molar-refractivity contribution >= 4 is 41.7 Å². The van der Waals surface area contributed by atoms with Gasteiger partial charge in [0.15, 0.2) is 5.96 Å². The Kier molecular flexibility index (Phi) is 11.3. The zero-order valence-corrected chi connectivity index (χ0v) is 20.8. The Hall–Kier alpha value is 0.230. The Morgan fingerprint density at radius 3 is 2.52 bits per heavy atom. The van der Waals surface area contributed by atoms with Crippen molar-refractivity contribution in [3.63, 3.8) is 0 Å². The first kappa shape index (κ1) is 25.3. The number of morpholine rings is 1. The van der Waals surface area contributed by atoms with Gasteiger partial charge < -0.3 is 20.1 Å². The van der Waals surface area contributed by atoms with Crippen LogP contribution in [0.2, 0.25) is 0 Å². The van der Waals surface area contributed by atoms with Crippen LogP contribution in [-0.2, 0) is 9.47 Å². The number of nitrogens with zero attached hydrogens (tertiary/aromatic N) is 2. The van der Waals surface area contributed by atoms with Crippen molar-refractivity contribution in [1.29, 1.82) is 0 Å².